The van der Waals surface area contributed by atoms with Gasteiger partial charge in [0.05, 0.1) is 19.2 Å². The number of hydrogen-bond acceptors (Lipinski definition) is 5. The number of methoxy groups -OCH3 is 1. The Kier molecular flexibility index (Phi) is 3.75. The SMILES string of the molecule is COC(=O)c1ccccc1[C@@H]1CN=N[C@]12Cc1c(C)ccc(C)c1C2=O. The summed E-state index contributed by atoms with van der Waals surface area (Å²) in [4.78, 5) is 25.7. The lowest BCUT2D eigenvalue weighted by Gasteiger charge is -2.27. The fourth-order valence-corrected chi connectivity index (χ4v) is 4.26. The van der Waals surface area contributed by atoms with Crippen molar-refractivity contribution in [2.45, 2.75) is 31.7 Å². The van der Waals surface area contributed by atoms with E-state index in [9.17, 15) is 9.59 Å². The van der Waals surface area contributed by atoms with Crippen LogP contribution < -0.4 is 0 Å². The predicted molar refractivity (Wildman–Crippen MR) is 96.9 cm³/mol. The van der Waals surface area contributed by atoms with E-state index < -0.39 is 11.5 Å². The summed E-state index contributed by atoms with van der Waals surface area (Å²) >= 11 is 0. The van der Waals surface area contributed by atoms with Gasteiger partial charge in [-0.3, -0.25) is 4.79 Å². The summed E-state index contributed by atoms with van der Waals surface area (Å²) in [6.45, 7) is 4.37. The van der Waals surface area contributed by atoms with Crippen molar-refractivity contribution in [2.24, 2.45) is 10.2 Å². The number of benzene rings is 2. The molecule has 1 aliphatic carbocycles. The van der Waals surface area contributed by atoms with Crippen LogP contribution in [0.25, 0.3) is 0 Å². The van der Waals surface area contributed by atoms with Gasteiger partial charge in [-0.05, 0) is 42.2 Å². The molecule has 0 fully saturated rings. The second-order valence-electron chi connectivity index (χ2n) is 7.04. The van der Waals surface area contributed by atoms with E-state index in [1.807, 2.05) is 38.1 Å². The average Bonchev–Trinajstić information content (AvgIpc) is 3.21. The number of esters is 1. The molecule has 1 heterocycles. The highest BCUT2D eigenvalue weighted by atomic mass is 16.5. The standard InChI is InChI=1S/C21H20N2O3/c1-12-8-9-13(2)18-16(12)10-21(19(18)24)17(11-22-23-21)14-6-4-5-7-15(14)20(25)26-3/h4-9,17H,10-11H2,1-3H3/t17-,21+/m0/s1. The van der Waals surface area contributed by atoms with E-state index in [1.54, 1.807) is 12.1 Å². The van der Waals surface area contributed by atoms with Crippen LogP contribution in [0.5, 0.6) is 0 Å². The molecule has 5 nitrogen and oxygen atoms in total. The quantitative estimate of drug-likeness (QED) is 0.775. The van der Waals surface area contributed by atoms with Crippen LogP contribution in [0, 0.1) is 13.8 Å². The van der Waals surface area contributed by atoms with Crippen molar-refractivity contribution in [3.63, 3.8) is 0 Å². The molecule has 4 rings (SSSR count). The lowest BCUT2D eigenvalue weighted by molar-refractivity contribution is 0.0597. The van der Waals surface area contributed by atoms with Gasteiger partial charge in [0.15, 0.2) is 11.3 Å². The molecular formula is C21H20N2O3. The number of carbonyl (C=O) groups excluding carboxylic acids is 2. The average molecular weight is 348 g/mol. The molecule has 5 heteroatoms. The minimum absolute atomic E-state index is 0.0135. The van der Waals surface area contributed by atoms with Gasteiger partial charge >= 0.3 is 5.97 Å². The zero-order valence-corrected chi connectivity index (χ0v) is 15.1. The lowest BCUT2D eigenvalue weighted by Crippen LogP contribution is -2.39. The van der Waals surface area contributed by atoms with Crippen molar-refractivity contribution in [3.05, 3.63) is 69.8 Å². The van der Waals surface area contributed by atoms with Gasteiger partial charge in [0, 0.05) is 17.9 Å². The van der Waals surface area contributed by atoms with Crippen LogP contribution in [-0.2, 0) is 11.2 Å². The Morgan fingerprint density at radius 1 is 1.15 bits per heavy atom. The van der Waals surface area contributed by atoms with Gasteiger partial charge in [-0.2, -0.15) is 10.2 Å². The lowest BCUT2D eigenvalue weighted by atomic mass is 9.76. The topological polar surface area (TPSA) is 68.1 Å². The largest absolute Gasteiger partial charge is 0.465 e. The molecule has 0 saturated carbocycles. The van der Waals surface area contributed by atoms with Gasteiger partial charge in [-0.15, -0.1) is 0 Å². The third kappa shape index (κ3) is 2.16. The smallest absolute Gasteiger partial charge is 0.338 e. The number of ketones is 1. The molecule has 26 heavy (non-hydrogen) atoms. The number of fused-ring (bicyclic) bond motifs is 1. The number of Topliss-reactive ketones (excluding diaryl/α,β-unsaturated/α-hetero) is 1. The number of aryl methyl sites for hydroxylation is 2. The molecule has 2 aromatic carbocycles. The molecule has 1 aliphatic heterocycles. The van der Waals surface area contributed by atoms with Gasteiger partial charge in [-0.25, -0.2) is 4.79 Å². The molecule has 0 amide bonds. The second-order valence-corrected chi connectivity index (χ2v) is 7.04. The predicted octanol–water partition coefficient (Wildman–Crippen LogP) is 3.82. The van der Waals surface area contributed by atoms with Crippen molar-refractivity contribution in [3.8, 4) is 0 Å². The summed E-state index contributed by atoms with van der Waals surface area (Å²) in [6, 6.07) is 11.3. The zero-order valence-electron chi connectivity index (χ0n) is 15.1. The van der Waals surface area contributed by atoms with E-state index in [2.05, 4.69) is 10.2 Å². The first-order valence-electron chi connectivity index (χ1n) is 8.69. The Morgan fingerprint density at radius 2 is 1.88 bits per heavy atom. The Labute approximate surface area is 152 Å². The van der Waals surface area contributed by atoms with Crippen LogP contribution in [0.2, 0.25) is 0 Å². The van der Waals surface area contributed by atoms with E-state index in [1.165, 1.54) is 7.11 Å². The minimum atomic E-state index is -0.955. The van der Waals surface area contributed by atoms with Gasteiger partial charge in [0.1, 0.15) is 0 Å². The van der Waals surface area contributed by atoms with Crippen LogP contribution in [0.15, 0.2) is 46.6 Å². The van der Waals surface area contributed by atoms with Crippen molar-refractivity contribution in [1.82, 2.24) is 0 Å². The van der Waals surface area contributed by atoms with E-state index in [0.717, 1.165) is 27.8 Å². The molecule has 0 unspecified atom stereocenters. The second kappa shape index (κ2) is 5.87. The molecular weight excluding hydrogens is 328 g/mol. The Balaban J connectivity index is 1.86. The van der Waals surface area contributed by atoms with Crippen LogP contribution in [0.3, 0.4) is 0 Å². The highest BCUT2D eigenvalue weighted by Crippen LogP contribution is 2.48. The number of nitrogens with zero attached hydrogens (tertiary/aromatic N) is 2. The first-order chi connectivity index (χ1) is 12.5. The Hall–Kier alpha value is -2.82. The summed E-state index contributed by atoms with van der Waals surface area (Å²) in [5, 5.41) is 8.70. The number of azo groups is 1. The maximum absolute atomic E-state index is 13.5. The van der Waals surface area contributed by atoms with E-state index >= 15 is 0 Å². The fourth-order valence-electron chi connectivity index (χ4n) is 4.26. The first kappa shape index (κ1) is 16.6. The zero-order chi connectivity index (χ0) is 18.5. The van der Waals surface area contributed by atoms with Crippen molar-refractivity contribution < 1.29 is 14.3 Å². The van der Waals surface area contributed by atoms with Crippen LogP contribution in [-0.4, -0.2) is 30.9 Å². The first-order valence-corrected chi connectivity index (χ1v) is 8.69. The molecule has 0 saturated heterocycles. The van der Waals surface area contributed by atoms with E-state index in [0.29, 0.717) is 18.5 Å². The summed E-state index contributed by atoms with van der Waals surface area (Å²) in [5.41, 5.74) is 4.18. The number of rotatable bonds is 2. The van der Waals surface area contributed by atoms with Gasteiger partial charge < -0.3 is 4.74 Å². The molecule has 2 aromatic rings. The highest BCUT2D eigenvalue weighted by molar-refractivity contribution is 6.10. The molecule has 0 N–H and O–H groups in total. The molecule has 2 atom stereocenters. The minimum Gasteiger partial charge on any atom is -0.465 e. The van der Waals surface area contributed by atoms with Crippen LogP contribution in [0.4, 0.5) is 0 Å². The van der Waals surface area contributed by atoms with Crippen LogP contribution in [0.1, 0.15) is 48.9 Å². The molecule has 1 spiro atoms. The van der Waals surface area contributed by atoms with Crippen molar-refractivity contribution in [2.75, 3.05) is 13.7 Å². The molecule has 0 bridgehead atoms. The monoisotopic (exact) mass is 348 g/mol. The van der Waals surface area contributed by atoms with Crippen molar-refractivity contribution in [1.29, 1.82) is 0 Å². The summed E-state index contributed by atoms with van der Waals surface area (Å²) < 4.78 is 4.93. The number of carbonyl (C=O) groups is 2. The molecule has 2 aliphatic rings. The van der Waals surface area contributed by atoms with E-state index in [4.69, 9.17) is 4.74 Å². The molecule has 132 valence electrons. The summed E-state index contributed by atoms with van der Waals surface area (Å²) in [5.74, 6) is -0.658. The highest BCUT2D eigenvalue weighted by Gasteiger charge is 2.55. The van der Waals surface area contributed by atoms with E-state index in [-0.39, 0.29) is 11.7 Å². The maximum atomic E-state index is 13.5. The van der Waals surface area contributed by atoms with Crippen molar-refractivity contribution >= 4 is 11.8 Å². The third-order valence-electron chi connectivity index (χ3n) is 5.65. The maximum Gasteiger partial charge on any atom is 0.338 e. The van der Waals surface area contributed by atoms with Crippen LogP contribution >= 0.6 is 0 Å². The van der Waals surface area contributed by atoms with Gasteiger partial charge in [0.25, 0.3) is 0 Å². The summed E-state index contributed by atoms with van der Waals surface area (Å²) in [6.07, 6.45) is 0.526. The Bertz CT molecular complexity index is 964. The third-order valence-corrected chi connectivity index (χ3v) is 5.65. The number of ether oxygens (including phenoxy) is 1. The normalized spacial score (nSPS) is 23.5. The summed E-state index contributed by atoms with van der Waals surface area (Å²) in [7, 11) is 1.36. The molecule has 0 radical (unpaired) electrons. The molecule has 0 aromatic heterocycles. The fraction of sp³-hybridized carbons (Fsp3) is 0.333. The van der Waals surface area contributed by atoms with Gasteiger partial charge in [0.2, 0.25) is 0 Å². The Morgan fingerprint density at radius 3 is 2.62 bits per heavy atom. The van der Waals surface area contributed by atoms with Gasteiger partial charge in [-0.1, -0.05) is 30.3 Å². The number of hydrogen-bond donors (Lipinski definition) is 0.